The number of carbonyl (C=O) groups is 1. The second-order valence-corrected chi connectivity index (χ2v) is 11.1. The average Bonchev–Trinajstić information content (AvgIpc) is 3.14. The number of hydrogen-bond acceptors (Lipinski definition) is 7. The van der Waals surface area contributed by atoms with Gasteiger partial charge in [-0.15, -0.1) is 10.2 Å². The third kappa shape index (κ3) is 6.75. The van der Waals surface area contributed by atoms with Crippen LogP contribution in [0.4, 0.5) is 5.69 Å². The van der Waals surface area contributed by atoms with Crippen LogP contribution in [0.3, 0.4) is 0 Å². The first kappa shape index (κ1) is 24.2. The van der Waals surface area contributed by atoms with Crippen LogP contribution >= 0.6 is 27.7 Å². The fraction of sp³-hybridized carbons (Fsp3) is 0.526. The highest BCUT2D eigenvalue weighted by molar-refractivity contribution is 9.10. The summed E-state index contributed by atoms with van der Waals surface area (Å²) in [5.41, 5.74) is 0.721. The van der Waals surface area contributed by atoms with Gasteiger partial charge in [-0.2, -0.15) is 0 Å². The molecule has 0 aliphatic carbocycles. The first-order valence-corrected chi connectivity index (χ1v) is 13.5. The minimum absolute atomic E-state index is 0.0428. The van der Waals surface area contributed by atoms with Crippen molar-refractivity contribution in [2.45, 2.75) is 30.5 Å². The highest BCUT2D eigenvalue weighted by Gasteiger charge is 2.30. The number of nitrogens with zero attached hydrogens (tertiary/aromatic N) is 4. The molecule has 0 saturated carbocycles. The highest BCUT2D eigenvalue weighted by Crippen LogP contribution is 2.29. The number of aromatic nitrogens is 3. The summed E-state index contributed by atoms with van der Waals surface area (Å²) in [6, 6.07) is 7.37. The van der Waals surface area contributed by atoms with E-state index in [0.717, 1.165) is 28.8 Å². The smallest absolute Gasteiger partial charge is 0.234 e. The van der Waals surface area contributed by atoms with Gasteiger partial charge in [0.2, 0.25) is 15.9 Å². The van der Waals surface area contributed by atoms with Crippen LogP contribution in [0.2, 0.25) is 0 Å². The molecule has 0 unspecified atom stereocenters. The van der Waals surface area contributed by atoms with Gasteiger partial charge in [-0.3, -0.25) is 4.79 Å². The molecular formula is C19H26BrN5O4S2. The SMILES string of the molecule is COCCn1c(SCC(=O)Nc2ccc(Br)cc2)nnc1[C@@H]1CCCN(S(C)(=O)=O)C1. The molecule has 1 aromatic heterocycles. The number of amides is 1. The average molecular weight is 532 g/mol. The summed E-state index contributed by atoms with van der Waals surface area (Å²) in [5, 5.41) is 12.1. The van der Waals surface area contributed by atoms with Gasteiger partial charge in [0, 0.05) is 42.8 Å². The number of methoxy groups -OCH3 is 1. The molecule has 12 heteroatoms. The molecule has 0 bridgehead atoms. The number of anilines is 1. The van der Waals surface area contributed by atoms with Gasteiger partial charge in [0.1, 0.15) is 5.82 Å². The number of nitrogens with one attached hydrogen (secondary N) is 1. The second kappa shape index (κ2) is 10.9. The third-order valence-corrected chi connectivity index (χ3v) is 7.71. The summed E-state index contributed by atoms with van der Waals surface area (Å²) in [7, 11) is -1.63. The van der Waals surface area contributed by atoms with Crippen molar-refractivity contribution in [3.63, 3.8) is 0 Å². The molecule has 1 amide bonds. The minimum Gasteiger partial charge on any atom is -0.383 e. The van der Waals surface area contributed by atoms with E-state index in [4.69, 9.17) is 4.74 Å². The van der Waals surface area contributed by atoms with E-state index in [2.05, 4.69) is 31.4 Å². The normalized spacial score (nSPS) is 17.6. The molecule has 31 heavy (non-hydrogen) atoms. The van der Waals surface area contributed by atoms with Crippen molar-refractivity contribution < 1.29 is 17.9 Å². The molecule has 1 atom stereocenters. The Bertz CT molecular complexity index is 997. The lowest BCUT2D eigenvalue weighted by molar-refractivity contribution is -0.113. The molecule has 1 N–H and O–H groups in total. The lowest BCUT2D eigenvalue weighted by Crippen LogP contribution is -2.39. The maximum absolute atomic E-state index is 12.4. The standard InChI is InChI=1S/C19H26BrN5O4S2/c1-29-11-10-25-18(14-4-3-9-24(12-14)31(2,27)28)22-23-19(25)30-13-17(26)21-16-7-5-15(20)6-8-16/h5-8,14H,3-4,9-13H2,1-2H3,(H,21,26)/t14-/m1/s1. The molecule has 1 aromatic carbocycles. The molecule has 2 heterocycles. The predicted molar refractivity (Wildman–Crippen MR) is 124 cm³/mol. The molecule has 2 aromatic rings. The van der Waals surface area contributed by atoms with E-state index < -0.39 is 10.0 Å². The lowest BCUT2D eigenvalue weighted by Gasteiger charge is -2.30. The van der Waals surface area contributed by atoms with Crippen LogP contribution in [0.15, 0.2) is 33.9 Å². The molecule has 170 valence electrons. The zero-order valence-electron chi connectivity index (χ0n) is 17.5. The van der Waals surface area contributed by atoms with Crippen LogP contribution < -0.4 is 5.32 Å². The van der Waals surface area contributed by atoms with E-state index in [9.17, 15) is 13.2 Å². The summed E-state index contributed by atoms with van der Waals surface area (Å²) in [5.74, 6) is 0.734. The van der Waals surface area contributed by atoms with Crippen molar-refractivity contribution >= 4 is 49.3 Å². The Hall–Kier alpha value is -1.47. The van der Waals surface area contributed by atoms with E-state index in [0.29, 0.717) is 31.4 Å². The number of ether oxygens (including phenoxy) is 1. The maximum Gasteiger partial charge on any atom is 0.234 e. The number of hydrogen-bond donors (Lipinski definition) is 1. The largest absolute Gasteiger partial charge is 0.383 e. The maximum atomic E-state index is 12.4. The predicted octanol–water partition coefficient (Wildman–Crippen LogP) is 2.56. The lowest BCUT2D eigenvalue weighted by atomic mass is 9.99. The van der Waals surface area contributed by atoms with E-state index in [1.54, 1.807) is 7.11 Å². The van der Waals surface area contributed by atoms with E-state index in [1.807, 2.05) is 28.8 Å². The first-order chi connectivity index (χ1) is 14.8. The molecule has 3 rings (SSSR count). The number of halogens is 1. The van der Waals surface area contributed by atoms with Crippen LogP contribution in [-0.2, 0) is 26.1 Å². The number of rotatable bonds is 9. The molecule has 1 aliphatic heterocycles. The Labute approximate surface area is 195 Å². The number of benzene rings is 1. The Morgan fingerprint density at radius 1 is 1.32 bits per heavy atom. The van der Waals surface area contributed by atoms with Crippen LogP contribution in [0.5, 0.6) is 0 Å². The van der Waals surface area contributed by atoms with Crippen molar-refractivity contribution in [3.8, 4) is 0 Å². The van der Waals surface area contributed by atoms with Crippen molar-refractivity contribution in [3.05, 3.63) is 34.6 Å². The number of sulfonamides is 1. The summed E-state index contributed by atoms with van der Waals surface area (Å²) in [6.07, 6.45) is 2.84. The topological polar surface area (TPSA) is 106 Å². The fourth-order valence-electron chi connectivity index (χ4n) is 3.42. The highest BCUT2D eigenvalue weighted by atomic mass is 79.9. The summed E-state index contributed by atoms with van der Waals surface area (Å²) < 4.78 is 33.6. The van der Waals surface area contributed by atoms with Crippen molar-refractivity contribution in [1.29, 1.82) is 0 Å². The van der Waals surface area contributed by atoms with Crippen LogP contribution in [0, 0.1) is 0 Å². The zero-order valence-corrected chi connectivity index (χ0v) is 20.7. The first-order valence-electron chi connectivity index (χ1n) is 9.83. The molecule has 0 spiro atoms. The third-order valence-electron chi connectivity index (χ3n) is 4.94. The molecule has 9 nitrogen and oxygen atoms in total. The minimum atomic E-state index is -3.25. The van der Waals surface area contributed by atoms with E-state index in [-0.39, 0.29) is 17.6 Å². The Kier molecular flexibility index (Phi) is 8.50. The van der Waals surface area contributed by atoms with Crippen molar-refractivity contribution in [1.82, 2.24) is 19.1 Å². The Morgan fingerprint density at radius 3 is 2.74 bits per heavy atom. The van der Waals surface area contributed by atoms with Gasteiger partial charge < -0.3 is 14.6 Å². The van der Waals surface area contributed by atoms with Gasteiger partial charge in [0.05, 0.1) is 18.6 Å². The number of piperidine rings is 1. The van der Waals surface area contributed by atoms with Gasteiger partial charge >= 0.3 is 0 Å². The summed E-state index contributed by atoms with van der Waals surface area (Å²) in [6.45, 7) is 1.91. The van der Waals surface area contributed by atoms with Crippen LogP contribution in [-0.4, -0.2) is 72.2 Å². The molecule has 1 aliphatic rings. The Balaban J connectivity index is 1.69. The summed E-state index contributed by atoms with van der Waals surface area (Å²) >= 11 is 4.67. The van der Waals surface area contributed by atoms with E-state index >= 15 is 0 Å². The molecular weight excluding hydrogens is 506 g/mol. The number of thioether (sulfide) groups is 1. The quantitative estimate of drug-likeness (QED) is 0.495. The number of carbonyl (C=O) groups excluding carboxylic acids is 1. The van der Waals surface area contributed by atoms with Crippen LogP contribution in [0.1, 0.15) is 24.6 Å². The zero-order chi connectivity index (χ0) is 22.4. The van der Waals surface area contributed by atoms with Crippen molar-refractivity contribution in [2.24, 2.45) is 0 Å². The molecule has 1 saturated heterocycles. The van der Waals surface area contributed by atoms with Gasteiger partial charge in [-0.25, -0.2) is 12.7 Å². The summed E-state index contributed by atoms with van der Waals surface area (Å²) in [4.78, 5) is 12.4. The van der Waals surface area contributed by atoms with Gasteiger partial charge in [-0.05, 0) is 37.1 Å². The Morgan fingerprint density at radius 2 is 2.06 bits per heavy atom. The second-order valence-electron chi connectivity index (χ2n) is 7.29. The monoisotopic (exact) mass is 531 g/mol. The van der Waals surface area contributed by atoms with E-state index in [1.165, 1.54) is 22.3 Å². The van der Waals surface area contributed by atoms with Gasteiger partial charge in [-0.1, -0.05) is 27.7 Å². The van der Waals surface area contributed by atoms with Gasteiger partial charge in [0.25, 0.3) is 0 Å². The fourth-order valence-corrected chi connectivity index (χ4v) is 5.36. The molecule has 0 radical (unpaired) electrons. The van der Waals surface area contributed by atoms with Gasteiger partial charge in [0.15, 0.2) is 5.16 Å². The van der Waals surface area contributed by atoms with Crippen LogP contribution in [0.25, 0.3) is 0 Å². The molecule has 1 fully saturated rings. The van der Waals surface area contributed by atoms with Crippen molar-refractivity contribution in [2.75, 3.05) is 44.1 Å².